The van der Waals surface area contributed by atoms with Crippen molar-refractivity contribution in [3.8, 4) is 0 Å². The summed E-state index contributed by atoms with van der Waals surface area (Å²) >= 11 is 0. The molecular formula is C19H33NO2. The van der Waals surface area contributed by atoms with Gasteiger partial charge in [0, 0.05) is 0 Å². The smallest absolute Gasteiger partial charge is 0.338 e. The van der Waals surface area contributed by atoms with Crippen LogP contribution in [0.3, 0.4) is 0 Å². The molecular weight excluding hydrogens is 274 g/mol. The van der Waals surface area contributed by atoms with Crippen LogP contribution in [-0.2, 0) is 4.74 Å². The van der Waals surface area contributed by atoms with Gasteiger partial charge in [-0.25, -0.2) is 4.79 Å². The van der Waals surface area contributed by atoms with Crippen molar-refractivity contribution in [1.82, 2.24) is 5.32 Å². The van der Waals surface area contributed by atoms with E-state index in [1.165, 1.54) is 38.8 Å². The maximum absolute atomic E-state index is 11.3. The lowest BCUT2D eigenvalue weighted by atomic mass is 10.2. The van der Waals surface area contributed by atoms with Crippen molar-refractivity contribution in [3.63, 3.8) is 0 Å². The zero-order valence-corrected chi connectivity index (χ0v) is 14.6. The Bertz CT molecular complexity index is 346. The molecule has 1 N–H and O–H groups in total. The standard InChI is InChI=1S/C11H14O2.C8H19N/c1-2-3-9-13-11(12)10-7-5-4-6-8-10;1-3-5-7-9-8-6-4-2/h4-8H,2-3,9H2,1H3;9H,3-8H2,1-2H3. The lowest BCUT2D eigenvalue weighted by Crippen LogP contribution is -2.15. The molecule has 3 nitrogen and oxygen atoms in total. The van der Waals surface area contributed by atoms with Crippen LogP contribution in [0.15, 0.2) is 30.3 Å². The summed E-state index contributed by atoms with van der Waals surface area (Å²) in [4.78, 5) is 11.3. The summed E-state index contributed by atoms with van der Waals surface area (Å²) in [6.07, 6.45) is 7.23. The van der Waals surface area contributed by atoms with E-state index < -0.39 is 0 Å². The van der Waals surface area contributed by atoms with Gasteiger partial charge in [0.2, 0.25) is 0 Å². The predicted molar refractivity (Wildman–Crippen MR) is 94.3 cm³/mol. The third-order valence-electron chi connectivity index (χ3n) is 3.15. The van der Waals surface area contributed by atoms with Gasteiger partial charge in [-0.15, -0.1) is 0 Å². The van der Waals surface area contributed by atoms with Crippen LogP contribution in [0.5, 0.6) is 0 Å². The Morgan fingerprint density at radius 3 is 1.95 bits per heavy atom. The number of rotatable bonds is 10. The highest BCUT2D eigenvalue weighted by molar-refractivity contribution is 5.89. The Hall–Kier alpha value is -1.35. The van der Waals surface area contributed by atoms with E-state index in [2.05, 4.69) is 26.1 Å². The molecule has 0 radical (unpaired) electrons. The van der Waals surface area contributed by atoms with Crippen molar-refractivity contribution >= 4 is 5.97 Å². The maximum Gasteiger partial charge on any atom is 0.338 e. The van der Waals surface area contributed by atoms with E-state index >= 15 is 0 Å². The fraction of sp³-hybridized carbons (Fsp3) is 0.632. The highest BCUT2D eigenvalue weighted by atomic mass is 16.5. The molecule has 0 atom stereocenters. The molecule has 1 rings (SSSR count). The number of hydrogen-bond donors (Lipinski definition) is 1. The second-order valence-electron chi connectivity index (χ2n) is 5.31. The molecule has 0 heterocycles. The molecule has 0 aliphatic rings. The maximum atomic E-state index is 11.3. The molecule has 0 saturated carbocycles. The van der Waals surface area contributed by atoms with Crippen LogP contribution in [0.4, 0.5) is 0 Å². The third-order valence-corrected chi connectivity index (χ3v) is 3.15. The monoisotopic (exact) mass is 307 g/mol. The molecule has 1 aromatic carbocycles. The number of carbonyl (C=O) groups excluding carboxylic acids is 1. The summed E-state index contributed by atoms with van der Waals surface area (Å²) in [5.41, 5.74) is 0.624. The van der Waals surface area contributed by atoms with Gasteiger partial charge >= 0.3 is 5.97 Å². The van der Waals surface area contributed by atoms with Gasteiger partial charge in [0.1, 0.15) is 0 Å². The topological polar surface area (TPSA) is 38.3 Å². The summed E-state index contributed by atoms with van der Waals surface area (Å²) in [6, 6.07) is 9.05. The SMILES string of the molecule is CCCCNCCCC.CCCCOC(=O)c1ccccc1. The van der Waals surface area contributed by atoms with Crippen molar-refractivity contribution in [1.29, 1.82) is 0 Å². The number of carbonyl (C=O) groups is 1. The van der Waals surface area contributed by atoms with Crippen LogP contribution < -0.4 is 5.32 Å². The largest absolute Gasteiger partial charge is 0.462 e. The first-order valence-electron chi connectivity index (χ1n) is 8.69. The highest BCUT2D eigenvalue weighted by Crippen LogP contribution is 2.01. The Kier molecular flexibility index (Phi) is 15.0. The fourth-order valence-electron chi connectivity index (χ4n) is 1.70. The average Bonchev–Trinajstić information content (AvgIpc) is 2.56. The Morgan fingerprint density at radius 2 is 1.45 bits per heavy atom. The zero-order chi connectivity index (χ0) is 16.5. The predicted octanol–water partition coefficient (Wildman–Crippen LogP) is 4.82. The van der Waals surface area contributed by atoms with E-state index in [1.807, 2.05) is 18.2 Å². The number of benzene rings is 1. The van der Waals surface area contributed by atoms with E-state index in [9.17, 15) is 4.79 Å². The minimum absolute atomic E-state index is 0.228. The Morgan fingerprint density at radius 1 is 0.909 bits per heavy atom. The number of esters is 1. The fourth-order valence-corrected chi connectivity index (χ4v) is 1.70. The zero-order valence-electron chi connectivity index (χ0n) is 14.6. The second-order valence-corrected chi connectivity index (χ2v) is 5.31. The van der Waals surface area contributed by atoms with Crippen LogP contribution in [-0.4, -0.2) is 25.7 Å². The van der Waals surface area contributed by atoms with E-state index in [4.69, 9.17) is 4.74 Å². The first-order valence-corrected chi connectivity index (χ1v) is 8.69. The molecule has 0 fully saturated rings. The van der Waals surface area contributed by atoms with Crippen LogP contribution in [0, 0.1) is 0 Å². The lowest BCUT2D eigenvalue weighted by molar-refractivity contribution is 0.0500. The molecule has 0 aromatic heterocycles. The van der Waals surface area contributed by atoms with Crippen LogP contribution in [0.25, 0.3) is 0 Å². The summed E-state index contributed by atoms with van der Waals surface area (Å²) in [6.45, 7) is 9.44. The van der Waals surface area contributed by atoms with Gasteiger partial charge in [0.05, 0.1) is 12.2 Å². The molecule has 22 heavy (non-hydrogen) atoms. The molecule has 0 amide bonds. The minimum atomic E-state index is -0.228. The van der Waals surface area contributed by atoms with Gasteiger partial charge in [0.25, 0.3) is 0 Å². The van der Waals surface area contributed by atoms with E-state index in [0.29, 0.717) is 12.2 Å². The van der Waals surface area contributed by atoms with Crippen LogP contribution in [0.1, 0.15) is 69.7 Å². The minimum Gasteiger partial charge on any atom is -0.462 e. The lowest BCUT2D eigenvalue weighted by Gasteiger charge is -2.02. The molecule has 0 saturated heterocycles. The number of nitrogens with one attached hydrogen (secondary N) is 1. The molecule has 1 aromatic rings. The third kappa shape index (κ3) is 12.4. The van der Waals surface area contributed by atoms with Crippen molar-refractivity contribution in [2.45, 2.75) is 59.3 Å². The normalized spacial score (nSPS) is 9.77. The van der Waals surface area contributed by atoms with Crippen molar-refractivity contribution in [2.75, 3.05) is 19.7 Å². The van der Waals surface area contributed by atoms with Crippen LogP contribution >= 0.6 is 0 Å². The summed E-state index contributed by atoms with van der Waals surface area (Å²) in [5.74, 6) is -0.228. The molecule has 0 aliphatic heterocycles. The molecule has 0 spiro atoms. The summed E-state index contributed by atoms with van der Waals surface area (Å²) in [7, 11) is 0. The van der Waals surface area contributed by atoms with E-state index in [0.717, 1.165) is 12.8 Å². The van der Waals surface area contributed by atoms with E-state index in [1.54, 1.807) is 12.1 Å². The van der Waals surface area contributed by atoms with Gasteiger partial charge in [-0.1, -0.05) is 58.2 Å². The first kappa shape index (κ1) is 20.6. The number of ether oxygens (including phenoxy) is 1. The van der Waals surface area contributed by atoms with Gasteiger partial charge in [-0.2, -0.15) is 0 Å². The van der Waals surface area contributed by atoms with Gasteiger partial charge < -0.3 is 10.1 Å². The van der Waals surface area contributed by atoms with Crippen molar-refractivity contribution < 1.29 is 9.53 Å². The molecule has 126 valence electrons. The first-order chi connectivity index (χ1) is 10.8. The summed E-state index contributed by atoms with van der Waals surface area (Å²) in [5, 5.41) is 3.39. The molecule has 3 heteroatoms. The van der Waals surface area contributed by atoms with Crippen molar-refractivity contribution in [3.05, 3.63) is 35.9 Å². The Labute approximate surface area is 136 Å². The quantitative estimate of drug-likeness (QED) is 0.497. The molecule has 0 unspecified atom stereocenters. The van der Waals surface area contributed by atoms with Crippen molar-refractivity contribution in [2.24, 2.45) is 0 Å². The Balaban J connectivity index is 0.000000433. The van der Waals surface area contributed by atoms with Gasteiger partial charge in [-0.3, -0.25) is 0 Å². The van der Waals surface area contributed by atoms with Gasteiger partial charge in [-0.05, 0) is 44.5 Å². The summed E-state index contributed by atoms with van der Waals surface area (Å²) < 4.78 is 5.03. The average molecular weight is 307 g/mol. The number of unbranched alkanes of at least 4 members (excludes halogenated alkanes) is 3. The highest BCUT2D eigenvalue weighted by Gasteiger charge is 2.03. The van der Waals surface area contributed by atoms with E-state index in [-0.39, 0.29) is 5.97 Å². The molecule has 0 aliphatic carbocycles. The molecule has 0 bridgehead atoms. The van der Waals surface area contributed by atoms with Crippen LogP contribution in [0.2, 0.25) is 0 Å². The van der Waals surface area contributed by atoms with Gasteiger partial charge in [0.15, 0.2) is 0 Å². The second kappa shape index (κ2) is 16.0. The number of hydrogen-bond acceptors (Lipinski definition) is 3.